The molecule has 626 valence electrons. The van der Waals surface area contributed by atoms with Crippen molar-refractivity contribution < 1.29 is 19.1 Å². The Balaban J connectivity index is 0.000000162. The third kappa shape index (κ3) is 30.6. The number of hydrogen-bond acceptors (Lipinski definition) is 14. The second-order valence-electron chi connectivity index (χ2n) is 29.3. The number of aryl methyl sites for hydroxylation is 3. The summed E-state index contributed by atoms with van der Waals surface area (Å²) in [5.74, 6) is -0.949. The van der Waals surface area contributed by atoms with Gasteiger partial charge in [-0.3, -0.25) is 29.5 Å². The molecule has 0 unspecified atom stereocenters. The van der Waals surface area contributed by atoms with Crippen molar-refractivity contribution in [1.82, 2.24) is 60.5 Å². The molecule has 9 aromatic heterocycles. The summed E-state index contributed by atoms with van der Waals surface area (Å²) in [5, 5.41) is 22.3. The number of hydrogen-bond donors (Lipinski definition) is 6. The molecule has 19 rings (SSSR count). The second-order valence-corrected chi connectivity index (χ2v) is 30.0. The van der Waals surface area contributed by atoms with E-state index in [1.165, 1.54) is 88.4 Å². The number of likely N-dealkylation sites (N-methyl/N-ethyl adjacent to an activating group) is 1. The van der Waals surface area contributed by atoms with Gasteiger partial charge in [-0.05, 0) is 160 Å². The Bertz CT molecular complexity index is 5560. The SMILES string of the molecule is CC.CN[C@](C)(Cc1c[nH]c2ccccc12)C(=O)NCC1(c2ccc(C)cn2)CCCCC1.C[C@@](N)(Cc1c[nH]c2ccccc12)C(=O)O.Cc1ccc(-c2cscn2)cc1.Cc1ccccc1.c1ccc(-c2ccccc2)cc1.c1ccc(-c2ccccn2)cc1.c1ccc2cnccc2c1.c1ccc2ocnc2c1.c1ccncc1.c1cncnc1. The highest BCUT2D eigenvalue weighted by Crippen LogP contribution is 2.39. The first kappa shape index (κ1) is 92.8. The summed E-state index contributed by atoms with van der Waals surface area (Å²) in [5.41, 5.74) is 23.4. The van der Waals surface area contributed by atoms with Gasteiger partial charge in [-0.1, -0.05) is 281 Å². The third-order valence-corrected chi connectivity index (χ3v) is 20.6. The zero-order valence-electron chi connectivity index (χ0n) is 71.3. The van der Waals surface area contributed by atoms with Gasteiger partial charge in [-0.25, -0.2) is 19.9 Å². The minimum Gasteiger partial charge on any atom is -0.480 e. The number of nitrogens with zero attached hydrogens (tertiary/aromatic N) is 8. The van der Waals surface area contributed by atoms with Gasteiger partial charge >= 0.3 is 5.97 Å². The summed E-state index contributed by atoms with van der Waals surface area (Å²) in [6.45, 7) is 14.4. The van der Waals surface area contributed by atoms with E-state index in [0.29, 0.717) is 19.4 Å². The van der Waals surface area contributed by atoms with Crippen LogP contribution >= 0.6 is 11.3 Å². The Morgan fingerprint density at radius 3 is 1.48 bits per heavy atom. The zero-order chi connectivity index (χ0) is 87.0. The van der Waals surface area contributed by atoms with Crippen LogP contribution in [-0.2, 0) is 27.8 Å². The molecule has 17 nitrogen and oxygen atoms in total. The van der Waals surface area contributed by atoms with Crippen molar-refractivity contribution in [2.75, 3.05) is 13.6 Å². The van der Waals surface area contributed by atoms with Gasteiger partial charge in [-0.2, -0.15) is 0 Å². The van der Waals surface area contributed by atoms with Crippen molar-refractivity contribution in [1.29, 1.82) is 0 Å². The Labute approximate surface area is 727 Å². The van der Waals surface area contributed by atoms with Crippen molar-refractivity contribution in [3.8, 4) is 33.6 Å². The molecule has 9 aromatic carbocycles. The fourth-order valence-electron chi connectivity index (χ4n) is 13.1. The number of carboxylic acids is 1. The van der Waals surface area contributed by atoms with Crippen LogP contribution in [0.3, 0.4) is 0 Å². The van der Waals surface area contributed by atoms with Gasteiger partial charge < -0.3 is 35.9 Å². The van der Waals surface area contributed by atoms with Crippen molar-refractivity contribution in [2.45, 2.75) is 110 Å². The van der Waals surface area contributed by atoms with Gasteiger partial charge in [0.15, 0.2) is 12.0 Å². The number of nitrogens with one attached hydrogen (secondary N) is 4. The standard InChI is InChI=1S/C26H34N4O.C12H14N2O2.C12H10.C11H9N.C10H9NS.C9H7N.C7H5NO.C7H8.C5H5N.C4H4N2.C2H6/c1-19-11-12-23(29-16-19)26(13-7-4-8-14-26)18-30-24(31)25(2,27-3)15-20-17-28-22-10-6-5-9-21(20)22;1-12(13,11(15)16)6-8-7-14-10-5-3-2-4-9(8)10;1-3-7-11(8-4-1)12-9-5-2-6-10-12;1-2-6-10(7-3-1)11-8-4-5-9-12-11;1-8-2-4-9(5-3-8)10-6-12-7-11-10;1-2-4-9-7-10-6-5-8(9)3-1;1-2-4-7-6(3-1)8-5-9-7;1-7-5-3-2-4-6-7;1-2-4-6-5-3-1;1-2-5-4-6-3-1;1-2/h5-6,9-12,16-17,27-28H,4,7-8,13-15,18H2,1-3H3,(H,30,31);2-5,7,14H,6,13H2,1H3,(H,15,16);1-10H;1-9H;2-7H,1H3;1-7H;1-5H;2-6H,1H3;1-5H;1-4H;1-2H3/t25-;12-;;;;;;;;;/m11........./s1. The highest BCUT2D eigenvalue weighted by Gasteiger charge is 2.39. The maximum Gasteiger partial charge on any atom is 0.323 e. The quantitative estimate of drug-likeness (QED) is 0.0628. The molecule has 1 amide bonds. The third-order valence-electron chi connectivity index (χ3n) is 20.0. The molecular formula is C105H111N13O4S. The van der Waals surface area contributed by atoms with Gasteiger partial charge in [0.2, 0.25) is 5.91 Å². The van der Waals surface area contributed by atoms with Crippen LogP contribution < -0.4 is 16.4 Å². The molecule has 0 radical (unpaired) electrons. The van der Waals surface area contributed by atoms with E-state index < -0.39 is 17.0 Å². The predicted octanol–water partition coefficient (Wildman–Crippen LogP) is 23.8. The lowest BCUT2D eigenvalue weighted by molar-refractivity contribution is -0.142. The number of aliphatic carboxylic acids is 1. The Morgan fingerprint density at radius 1 is 0.472 bits per heavy atom. The minimum atomic E-state index is -1.23. The van der Waals surface area contributed by atoms with E-state index in [1.807, 2.05) is 234 Å². The summed E-state index contributed by atoms with van der Waals surface area (Å²) in [4.78, 5) is 63.1. The first-order valence-electron chi connectivity index (χ1n) is 41.3. The minimum absolute atomic E-state index is 0.0392. The topological polar surface area (TPSA) is 252 Å². The number of para-hydroxylation sites is 4. The number of amides is 1. The average molecular weight is 1650 g/mol. The molecule has 1 fully saturated rings. The molecule has 18 heteroatoms. The molecule has 7 N–H and O–H groups in total. The van der Waals surface area contributed by atoms with Gasteiger partial charge in [0.25, 0.3) is 0 Å². The summed E-state index contributed by atoms with van der Waals surface area (Å²) in [6, 6.07) is 101. The molecule has 0 bridgehead atoms. The average Bonchev–Trinajstić information content (AvgIpc) is 1.63. The van der Waals surface area contributed by atoms with Crippen molar-refractivity contribution >= 4 is 66.9 Å². The van der Waals surface area contributed by atoms with Crippen LogP contribution in [0.5, 0.6) is 0 Å². The molecule has 0 aliphatic heterocycles. The molecule has 123 heavy (non-hydrogen) atoms. The number of benzene rings is 9. The number of carbonyl (C=O) groups is 2. The Morgan fingerprint density at radius 2 is 0.984 bits per heavy atom. The molecule has 18 aromatic rings. The Hall–Kier alpha value is -14.0. The van der Waals surface area contributed by atoms with Crippen LogP contribution in [0.15, 0.2) is 393 Å². The van der Waals surface area contributed by atoms with E-state index in [-0.39, 0.29) is 11.3 Å². The van der Waals surface area contributed by atoms with E-state index in [2.05, 4.69) is 215 Å². The Kier molecular flexibility index (Phi) is 38.3. The summed E-state index contributed by atoms with van der Waals surface area (Å²) >= 11 is 1.63. The number of pyridine rings is 4. The van der Waals surface area contributed by atoms with Gasteiger partial charge in [0.05, 0.1) is 22.4 Å². The van der Waals surface area contributed by atoms with Crippen molar-refractivity contribution in [2.24, 2.45) is 5.73 Å². The number of H-pyrrole nitrogens is 2. The van der Waals surface area contributed by atoms with Crippen LogP contribution in [0.1, 0.15) is 93.3 Å². The fraction of sp³-hybridized carbons (Fsp3) is 0.181. The van der Waals surface area contributed by atoms with Gasteiger partial charge in [0.1, 0.15) is 17.4 Å². The number of fused-ring (bicyclic) bond motifs is 4. The van der Waals surface area contributed by atoms with E-state index >= 15 is 0 Å². The van der Waals surface area contributed by atoms with Crippen LogP contribution in [0.2, 0.25) is 0 Å². The summed E-state index contributed by atoms with van der Waals surface area (Å²) in [6.07, 6.45) is 27.8. The molecular weight excluding hydrogens is 1540 g/mol. The second kappa shape index (κ2) is 50.8. The zero-order valence-corrected chi connectivity index (χ0v) is 72.2. The number of carboxylic acid groups (broad SMARTS) is 1. The fourth-order valence-corrected chi connectivity index (χ4v) is 13.6. The van der Waals surface area contributed by atoms with Crippen LogP contribution in [0.4, 0.5) is 0 Å². The monoisotopic (exact) mass is 1650 g/mol. The summed E-state index contributed by atoms with van der Waals surface area (Å²) in [7, 11) is 1.87. The molecule has 1 aliphatic rings. The summed E-state index contributed by atoms with van der Waals surface area (Å²) < 4.78 is 5.01. The molecule has 1 saturated carbocycles. The predicted molar refractivity (Wildman–Crippen MR) is 507 cm³/mol. The lowest BCUT2D eigenvalue weighted by Crippen LogP contribution is -2.57. The number of rotatable bonds is 13. The van der Waals surface area contributed by atoms with Gasteiger partial charge in [-0.15, -0.1) is 11.3 Å². The van der Waals surface area contributed by atoms with Crippen molar-refractivity contribution in [3.05, 3.63) is 422 Å². The number of carbonyl (C=O) groups excluding carboxylic acids is 1. The maximum atomic E-state index is 13.4. The number of aromatic amines is 2. The molecule has 0 spiro atoms. The number of nitrogens with two attached hydrogens (primary N) is 1. The van der Waals surface area contributed by atoms with Crippen molar-refractivity contribution in [3.63, 3.8) is 0 Å². The highest BCUT2D eigenvalue weighted by atomic mass is 32.1. The molecule has 0 saturated heterocycles. The smallest absolute Gasteiger partial charge is 0.323 e. The molecule has 9 heterocycles. The number of oxazole rings is 1. The van der Waals surface area contributed by atoms with Gasteiger partial charge in [0, 0.05) is 131 Å². The normalized spacial score (nSPS) is 12.2. The first-order chi connectivity index (χ1) is 60.1. The number of thiazole rings is 1. The maximum absolute atomic E-state index is 13.4. The van der Waals surface area contributed by atoms with E-state index in [4.69, 9.17) is 20.2 Å². The van der Waals surface area contributed by atoms with Crippen LogP contribution in [0.25, 0.3) is 77.3 Å². The number of aromatic nitrogens is 10. The van der Waals surface area contributed by atoms with Crippen LogP contribution in [-0.4, -0.2) is 91.5 Å². The van der Waals surface area contributed by atoms with E-state index in [0.717, 1.165) is 74.1 Å². The lowest BCUT2D eigenvalue weighted by atomic mass is 9.71. The lowest BCUT2D eigenvalue weighted by Gasteiger charge is -2.38. The first-order valence-corrected chi connectivity index (χ1v) is 42.2. The largest absolute Gasteiger partial charge is 0.480 e. The van der Waals surface area contributed by atoms with E-state index in [9.17, 15) is 9.59 Å². The van der Waals surface area contributed by atoms with E-state index in [1.54, 1.807) is 42.2 Å². The molecule has 2 atom stereocenters. The van der Waals surface area contributed by atoms with Crippen LogP contribution in [0, 0.1) is 20.8 Å². The molecule has 1 aliphatic carbocycles. The highest BCUT2D eigenvalue weighted by molar-refractivity contribution is 7.07.